The monoisotopic (exact) mass is 265 g/mol. The maximum absolute atomic E-state index is 12.1. The number of ether oxygens (including phenoxy) is 1. The molecule has 2 rings (SSSR count). The molecule has 8 heteroatoms. The minimum Gasteiger partial charge on any atom is -0.374 e. The Hall–Kier alpha value is -0.630. The Morgan fingerprint density at radius 3 is 3.12 bits per heavy atom. The number of H-pyrrole nitrogens is 1. The highest BCUT2D eigenvalue weighted by atomic mass is 35.5. The number of nitrogens with one attached hydrogen (secondary N) is 1. The van der Waals surface area contributed by atoms with Crippen LogP contribution in [0.1, 0.15) is 0 Å². The normalized spacial score (nSPS) is 23.4. The van der Waals surface area contributed by atoms with E-state index in [1.54, 1.807) is 0 Å². The van der Waals surface area contributed by atoms with E-state index in [4.69, 9.17) is 16.3 Å². The number of aromatic nitrogens is 2. The van der Waals surface area contributed by atoms with Crippen molar-refractivity contribution in [2.45, 2.75) is 11.1 Å². The highest BCUT2D eigenvalue weighted by molar-refractivity contribution is 7.89. The first-order valence-corrected chi connectivity index (χ1v) is 6.78. The van der Waals surface area contributed by atoms with Gasteiger partial charge < -0.3 is 9.72 Å². The van der Waals surface area contributed by atoms with Crippen LogP contribution in [0.25, 0.3) is 0 Å². The van der Waals surface area contributed by atoms with Crippen LogP contribution in [0.4, 0.5) is 0 Å². The molecule has 0 aliphatic carbocycles. The molecule has 0 spiro atoms. The average molecular weight is 266 g/mol. The molecule has 1 unspecified atom stereocenters. The fourth-order valence-electron chi connectivity index (χ4n) is 1.53. The number of aromatic amines is 1. The predicted octanol–water partition coefficient (Wildman–Crippen LogP) is 0.0380. The first-order valence-electron chi connectivity index (χ1n) is 4.80. The van der Waals surface area contributed by atoms with Crippen molar-refractivity contribution in [3.05, 3.63) is 12.5 Å². The van der Waals surface area contributed by atoms with Crippen molar-refractivity contribution in [3.8, 4) is 0 Å². The molecule has 6 nitrogen and oxygen atoms in total. The van der Waals surface area contributed by atoms with Gasteiger partial charge in [-0.05, 0) is 0 Å². The largest absolute Gasteiger partial charge is 0.374 e. The van der Waals surface area contributed by atoms with E-state index < -0.39 is 10.0 Å². The van der Waals surface area contributed by atoms with Gasteiger partial charge in [-0.3, -0.25) is 0 Å². The summed E-state index contributed by atoms with van der Waals surface area (Å²) in [6.07, 6.45) is 2.39. The second kappa shape index (κ2) is 4.70. The molecule has 2 heterocycles. The molecular weight excluding hydrogens is 254 g/mol. The number of imidazole rings is 1. The van der Waals surface area contributed by atoms with E-state index in [9.17, 15) is 8.42 Å². The summed E-state index contributed by atoms with van der Waals surface area (Å²) >= 11 is 5.65. The molecular formula is C8H12ClN3O3S. The van der Waals surface area contributed by atoms with Gasteiger partial charge in [0.05, 0.1) is 25.2 Å². The van der Waals surface area contributed by atoms with Crippen molar-refractivity contribution in [1.82, 2.24) is 14.3 Å². The minimum atomic E-state index is -3.49. The third-order valence-corrected chi connectivity index (χ3v) is 4.50. The smallest absolute Gasteiger partial charge is 0.260 e. The third-order valence-electron chi connectivity index (χ3n) is 2.36. The molecule has 1 saturated heterocycles. The molecule has 16 heavy (non-hydrogen) atoms. The fourth-order valence-corrected chi connectivity index (χ4v) is 3.07. The van der Waals surface area contributed by atoms with E-state index in [1.165, 1.54) is 16.8 Å². The van der Waals surface area contributed by atoms with Crippen LogP contribution >= 0.6 is 11.6 Å². The van der Waals surface area contributed by atoms with E-state index >= 15 is 0 Å². The lowest BCUT2D eigenvalue weighted by Gasteiger charge is -2.30. The van der Waals surface area contributed by atoms with Crippen molar-refractivity contribution in [2.75, 3.05) is 25.6 Å². The van der Waals surface area contributed by atoms with Gasteiger partial charge in [0, 0.05) is 19.0 Å². The molecule has 0 saturated carbocycles. The van der Waals surface area contributed by atoms with Gasteiger partial charge >= 0.3 is 0 Å². The molecule has 1 fully saturated rings. The highest BCUT2D eigenvalue weighted by Crippen LogP contribution is 2.16. The zero-order chi connectivity index (χ0) is 11.6. The van der Waals surface area contributed by atoms with Crippen LogP contribution in [0.3, 0.4) is 0 Å². The van der Waals surface area contributed by atoms with E-state index in [2.05, 4.69) is 9.97 Å². The predicted molar refractivity (Wildman–Crippen MR) is 57.8 cm³/mol. The molecule has 1 atom stereocenters. The standard InChI is InChI=1S/C8H12ClN3O3S/c9-3-7-5-12(1-2-15-7)16(13,14)8-4-10-6-11-8/h4,6-7H,1-3,5H2,(H,10,11). The molecule has 0 amide bonds. The summed E-state index contributed by atoms with van der Waals surface area (Å²) in [5, 5.41) is 0.0997. The molecule has 1 aromatic heterocycles. The zero-order valence-corrected chi connectivity index (χ0v) is 10.0. The zero-order valence-electron chi connectivity index (χ0n) is 8.47. The number of hydrogen-bond acceptors (Lipinski definition) is 4. The second-order valence-corrected chi connectivity index (χ2v) is 5.64. The number of morpholine rings is 1. The fraction of sp³-hybridized carbons (Fsp3) is 0.625. The Morgan fingerprint density at radius 2 is 2.50 bits per heavy atom. The van der Waals surface area contributed by atoms with Crippen LogP contribution in [0.15, 0.2) is 17.6 Å². The van der Waals surface area contributed by atoms with E-state index in [0.717, 1.165) is 0 Å². The van der Waals surface area contributed by atoms with E-state index in [0.29, 0.717) is 13.2 Å². The van der Waals surface area contributed by atoms with Gasteiger partial charge in [-0.1, -0.05) is 0 Å². The van der Waals surface area contributed by atoms with Gasteiger partial charge in [0.25, 0.3) is 10.0 Å². The summed E-state index contributed by atoms with van der Waals surface area (Å²) < 4.78 is 30.8. The van der Waals surface area contributed by atoms with Crippen molar-refractivity contribution in [2.24, 2.45) is 0 Å². The van der Waals surface area contributed by atoms with E-state index in [1.807, 2.05) is 0 Å². The Kier molecular flexibility index (Phi) is 3.48. The molecule has 1 aliphatic heterocycles. The van der Waals surface area contributed by atoms with Crippen LogP contribution in [0.2, 0.25) is 0 Å². The number of halogens is 1. The van der Waals surface area contributed by atoms with Crippen molar-refractivity contribution in [1.29, 1.82) is 0 Å². The quantitative estimate of drug-likeness (QED) is 0.783. The van der Waals surface area contributed by atoms with Gasteiger partial charge in [0.2, 0.25) is 0 Å². The first-order chi connectivity index (χ1) is 7.64. The Bertz CT molecular complexity index is 433. The van der Waals surface area contributed by atoms with Crippen LogP contribution in [0.5, 0.6) is 0 Å². The average Bonchev–Trinajstić information content (AvgIpc) is 2.83. The summed E-state index contributed by atoms with van der Waals surface area (Å²) in [5.74, 6) is 0.287. The number of rotatable bonds is 3. The van der Waals surface area contributed by atoms with Crippen LogP contribution in [-0.4, -0.2) is 54.4 Å². The van der Waals surface area contributed by atoms with Gasteiger partial charge in [0.15, 0.2) is 5.03 Å². The summed E-state index contributed by atoms with van der Waals surface area (Å²) in [5.41, 5.74) is 0. The summed E-state index contributed by atoms with van der Waals surface area (Å²) in [6, 6.07) is 0. The van der Waals surface area contributed by atoms with Crippen LogP contribution in [-0.2, 0) is 14.8 Å². The Labute approximate surface area is 98.6 Å². The lowest BCUT2D eigenvalue weighted by molar-refractivity contribution is 0.0121. The Morgan fingerprint density at radius 1 is 1.69 bits per heavy atom. The number of nitrogens with zero attached hydrogens (tertiary/aromatic N) is 2. The maximum atomic E-state index is 12.1. The minimum absolute atomic E-state index is 0.0997. The molecule has 0 radical (unpaired) electrons. The molecule has 0 bridgehead atoms. The van der Waals surface area contributed by atoms with Crippen LogP contribution in [0, 0.1) is 0 Å². The maximum Gasteiger partial charge on any atom is 0.260 e. The topological polar surface area (TPSA) is 75.3 Å². The van der Waals surface area contributed by atoms with E-state index in [-0.39, 0.29) is 23.6 Å². The lowest BCUT2D eigenvalue weighted by Crippen LogP contribution is -2.46. The second-order valence-electron chi connectivity index (χ2n) is 3.43. The molecule has 1 aromatic rings. The van der Waals surface area contributed by atoms with Crippen molar-refractivity contribution < 1.29 is 13.2 Å². The molecule has 0 aromatic carbocycles. The lowest BCUT2D eigenvalue weighted by atomic mass is 10.3. The first kappa shape index (κ1) is 11.8. The highest BCUT2D eigenvalue weighted by Gasteiger charge is 2.31. The molecule has 1 N–H and O–H groups in total. The third kappa shape index (κ3) is 2.22. The number of alkyl halides is 1. The van der Waals surface area contributed by atoms with Gasteiger partial charge in [-0.25, -0.2) is 13.4 Å². The summed E-state index contributed by atoms with van der Waals surface area (Å²) in [6.45, 7) is 0.990. The number of hydrogen-bond donors (Lipinski definition) is 1. The van der Waals surface area contributed by atoms with Crippen molar-refractivity contribution >= 4 is 21.6 Å². The molecule has 1 aliphatic rings. The SMILES string of the molecule is O=S(=O)(c1cnc[nH]1)N1CCOC(CCl)C1. The van der Waals surface area contributed by atoms with Gasteiger partial charge in [-0.2, -0.15) is 4.31 Å². The van der Waals surface area contributed by atoms with Crippen molar-refractivity contribution in [3.63, 3.8) is 0 Å². The summed E-state index contributed by atoms with van der Waals surface area (Å²) in [4.78, 5) is 6.30. The molecule has 90 valence electrons. The summed E-state index contributed by atoms with van der Waals surface area (Å²) in [7, 11) is -3.49. The van der Waals surface area contributed by atoms with Crippen LogP contribution < -0.4 is 0 Å². The van der Waals surface area contributed by atoms with Gasteiger partial charge in [0.1, 0.15) is 0 Å². The Balaban J connectivity index is 2.18. The number of sulfonamides is 1. The van der Waals surface area contributed by atoms with Gasteiger partial charge in [-0.15, -0.1) is 11.6 Å².